The molecule has 2 aliphatic heterocycles. The molecule has 2 aromatic carbocycles. The summed E-state index contributed by atoms with van der Waals surface area (Å²) in [5, 5.41) is 10.9. The average molecular weight is 386 g/mol. The zero-order valence-corrected chi connectivity index (χ0v) is 16.7. The van der Waals surface area contributed by atoms with Gasteiger partial charge in [-0.05, 0) is 35.7 Å². The summed E-state index contributed by atoms with van der Waals surface area (Å²) in [4.78, 5) is 1.37. The topological polar surface area (TPSA) is 61.6 Å². The summed E-state index contributed by atoms with van der Waals surface area (Å²) in [6, 6.07) is 10.1. The lowest BCUT2D eigenvalue weighted by Gasteiger charge is -2.34. The minimum Gasteiger partial charge on any atom is -0.497 e. The van der Waals surface area contributed by atoms with Gasteiger partial charge in [-0.2, -0.15) is 0 Å². The number of rotatable bonds is 6. The Morgan fingerprint density at radius 1 is 1.21 bits per heavy atom. The van der Waals surface area contributed by atoms with Crippen molar-refractivity contribution >= 4 is 0 Å². The van der Waals surface area contributed by atoms with Gasteiger partial charge in [-0.25, -0.2) is 0 Å². The van der Waals surface area contributed by atoms with Crippen LogP contribution in [-0.2, 0) is 12.8 Å². The fraction of sp³-hybridized carbons (Fsp3) is 0.455. The van der Waals surface area contributed by atoms with Crippen molar-refractivity contribution in [3.8, 4) is 23.0 Å². The van der Waals surface area contributed by atoms with E-state index in [0.29, 0.717) is 18.6 Å². The van der Waals surface area contributed by atoms with Crippen molar-refractivity contribution in [2.75, 3.05) is 34.6 Å². The van der Waals surface area contributed by atoms with E-state index >= 15 is 0 Å². The molecule has 1 unspecified atom stereocenters. The lowest BCUT2D eigenvalue weighted by molar-refractivity contribution is -0.915. The van der Waals surface area contributed by atoms with Gasteiger partial charge in [0.25, 0.3) is 0 Å². The Hall–Kier alpha value is -2.44. The Morgan fingerprint density at radius 3 is 2.86 bits per heavy atom. The van der Waals surface area contributed by atoms with Gasteiger partial charge in [0.05, 0.1) is 39.5 Å². The Kier molecular flexibility index (Phi) is 5.33. The third-order valence-corrected chi connectivity index (χ3v) is 5.79. The summed E-state index contributed by atoms with van der Waals surface area (Å²) >= 11 is 0. The van der Waals surface area contributed by atoms with E-state index in [4.69, 9.17) is 18.9 Å². The number of methoxy groups -OCH3 is 2. The molecule has 0 saturated carbocycles. The van der Waals surface area contributed by atoms with Gasteiger partial charge in [0, 0.05) is 12.8 Å². The highest BCUT2D eigenvalue weighted by atomic mass is 16.7. The van der Waals surface area contributed by atoms with Crippen LogP contribution in [0.1, 0.15) is 29.2 Å². The Balaban J connectivity index is 1.60. The maximum absolute atomic E-state index is 10.9. The molecule has 0 radical (unpaired) electrons. The molecule has 2 aliphatic rings. The molecule has 150 valence electrons. The van der Waals surface area contributed by atoms with Crippen LogP contribution in [0.3, 0.4) is 0 Å². The maximum atomic E-state index is 10.9. The van der Waals surface area contributed by atoms with E-state index in [1.807, 2.05) is 24.3 Å². The maximum Gasteiger partial charge on any atom is 0.231 e. The van der Waals surface area contributed by atoms with Crippen molar-refractivity contribution in [1.82, 2.24) is 0 Å². The second-order valence-corrected chi connectivity index (χ2v) is 7.56. The first-order valence-corrected chi connectivity index (χ1v) is 9.73. The monoisotopic (exact) mass is 386 g/mol. The summed E-state index contributed by atoms with van der Waals surface area (Å²) in [7, 11) is 5.50. The molecule has 2 aromatic rings. The van der Waals surface area contributed by atoms with Gasteiger partial charge in [0.1, 0.15) is 11.8 Å². The van der Waals surface area contributed by atoms with E-state index in [-0.39, 0.29) is 12.8 Å². The number of aliphatic hydroxyl groups excluding tert-OH is 1. The number of ether oxygens (including phenoxy) is 4. The number of nitrogens with one attached hydrogen (secondary N) is 1. The van der Waals surface area contributed by atoms with Gasteiger partial charge in [-0.15, -0.1) is 0 Å². The van der Waals surface area contributed by atoms with Crippen molar-refractivity contribution in [2.24, 2.45) is 0 Å². The van der Waals surface area contributed by atoms with Gasteiger partial charge in [-0.1, -0.05) is 12.1 Å². The highest BCUT2D eigenvalue weighted by Gasteiger charge is 2.37. The molecule has 0 amide bonds. The Morgan fingerprint density at radius 2 is 2.07 bits per heavy atom. The van der Waals surface area contributed by atoms with Gasteiger partial charge in [0.2, 0.25) is 12.5 Å². The van der Waals surface area contributed by atoms with Crippen LogP contribution in [0.25, 0.3) is 0 Å². The van der Waals surface area contributed by atoms with Gasteiger partial charge < -0.3 is 29.0 Å². The second-order valence-electron chi connectivity index (χ2n) is 7.56. The first-order valence-electron chi connectivity index (χ1n) is 9.73. The smallest absolute Gasteiger partial charge is 0.231 e. The molecule has 3 atom stereocenters. The molecule has 28 heavy (non-hydrogen) atoms. The van der Waals surface area contributed by atoms with E-state index < -0.39 is 6.10 Å². The summed E-state index contributed by atoms with van der Waals surface area (Å²) in [6.45, 7) is 1.23. The van der Waals surface area contributed by atoms with Crippen LogP contribution >= 0.6 is 0 Å². The van der Waals surface area contributed by atoms with E-state index in [1.165, 1.54) is 10.5 Å². The number of quaternary nitrogens is 1. The summed E-state index contributed by atoms with van der Waals surface area (Å²) in [5.74, 6) is 3.00. The van der Waals surface area contributed by atoms with Crippen molar-refractivity contribution in [1.29, 1.82) is 0 Å². The Bertz CT molecular complexity index is 853. The van der Waals surface area contributed by atoms with Crippen molar-refractivity contribution in [3.63, 3.8) is 0 Å². The number of benzene rings is 2. The van der Waals surface area contributed by atoms with Crippen LogP contribution in [0.2, 0.25) is 0 Å². The highest BCUT2D eigenvalue weighted by Crippen LogP contribution is 2.48. The van der Waals surface area contributed by atoms with Crippen LogP contribution in [0, 0.1) is 0 Å². The molecular formula is C22H28NO5+. The predicted molar refractivity (Wildman–Crippen MR) is 105 cm³/mol. The van der Waals surface area contributed by atoms with Crippen LogP contribution in [0.4, 0.5) is 0 Å². The first-order chi connectivity index (χ1) is 13.6. The number of hydrogen-bond acceptors (Lipinski definition) is 5. The van der Waals surface area contributed by atoms with Crippen molar-refractivity contribution < 1.29 is 29.0 Å². The molecule has 0 aliphatic carbocycles. The number of likely N-dealkylation sites (N-methyl/N-ethyl adjacent to an activating group) is 1. The Labute approximate surface area is 165 Å². The van der Waals surface area contributed by atoms with Gasteiger partial charge in [0.15, 0.2) is 11.5 Å². The summed E-state index contributed by atoms with van der Waals surface area (Å²) in [5.41, 5.74) is 3.43. The molecule has 0 aromatic heterocycles. The van der Waals surface area contributed by atoms with Crippen molar-refractivity contribution in [3.05, 3.63) is 47.0 Å². The molecule has 2 heterocycles. The molecule has 2 N–H and O–H groups in total. The van der Waals surface area contributed by atoms with Crippen molar-refractivity contribution in [2.45, 2.75) is 31.4 Å². The zero-order chi connectivity index (χ0) is 19.7. The zero-order valence-electron chi connectivity index (χ0n) is 16.7. The van der Waals surface area contributed by atoms with Gasteiger partial charge in [-0.3, -0.25) is 0 Å². The molecule has 4 rings (SSSR count). The standard InChI is InChI=1S/C22H27NO5/c1-23-8-7-15-11-19-21(28-13-27-19)22(26-3)20(15)18(23)12-16(24)9-14-5-4-6-17(10-14)25-2/h4-6,10-11,16,18,24H,7-9,12-13H2,1-3H3/p+1/t16-,18+/m1/s1. The molecule has 0 bridgehead atoms. The van der Waals surface area contributed by atoms with E-state index in [0.717, 1.165) is 41.3 Å². The SMILES string of the molecule is COc1cccc(C[C@@H](O)C[C@H]2c3c(cc4c(c3OC)OCO4)CC[NH+]2C)c1. The number of fused-ring (bicyclic) bond motifs is 2. The van der Waals surface area contributed by atoms with Crippen LogP contribution in [-0.4, -0.2) is 45.8 Å². The molecule has 6 heteroatoms. The minimum absolute atomic E-state index is 0.133. The van der Waals surface area contributed by atoms with E-state index in [9.17, 15) is 5.11 Å². The van der Waals surface area contributed by atoms with Gasteiger partial charge >= 0.3 is 0 Å². The number of hydrogen-bond donors (Lipinski definition) is 2. The van der Waals surface area contributed by atoms with Crippen LogP contribution < -0.4 is 23.8 Å². The fourth-order valence-corrected chi connectivity index (χ4v) is 4.37. The van der Waals surface area contributed by atoms with E-state index in [1.54, 1.807) is 14.2 Å². The lowest BCUT2D eigenvalue weighted by atomic mass is 9.87. The predicted octanol–water partition coefficient (Wildman–Crippen LogP) is 1.54. The van der Waals surface area contributed by atoms with Crippen LogP contribution in [0.5, 0.6) is 23.0 Å². The third kappa shape index (κ3) is 3.50. The molecule has 0 saturated heterocycles. The fourth-order valence-electron chi connectivity index (χ4n) is 4.37. The van der Waals surface area contributed by atoms with E-state index in [2.05, 4.69) is 13.1 Å². The molecule has 0 spiro atoms. The normalized spacial score (nSPS) is 21.1. The third-order valence-electron chi connectivity index (χ3n) is 5.79. The summed E-state index contributed by atoms with van der Waals surface area (Å²) in [6.07, 6.45) is 1.72. The quantitative estimate of drug-likeness (QED) is 0.789. The lowest BCUT2D eigenvalue weighted by Crippen LogP contribution is -3.10. The molecule has 6 nitrogen and oxygen atoms in total. The molecular weight excluding hydrogens is 358 g/mol. The number of aliphatic hydroxyl groups is 1. The average Bonchev–Trinajstić information content (AvgIpc) is 3.17. The minimum atomic E-state index is -0.465. The van der Waals surface area contributed by atoms with Crippen LogP contribution in [0.15, 0.2) is 30.3 Å². The first kappa shape index (κ1) is 18.9. The largest absolute Gasteiger partial charge is 0.497 e. The second kappa shape index (κ2) is 7.89. The highest BCUT2D eigenvalue weighted by molar-refractivity contribution is 5.61. The summed E-state index contributed by atoms with van der Waals surface area (Å²) < 4.78 is 22.3. The molecule has 0 fully saturated rings.